The normalized spacial score (nSPS) is 41.8. The van der Waals surface area contributed by atoms with Crippen LogP contribution in [0, 0.1) is 0 Å². The van der Waals surface area contributed by atoms with Gasteiger partial charge in [0.1, 0.15) is 0 Å². The average molecular weight is 256 g/mol. The molecule has 3 atom stereocenters. The van der Waals surface area contributed by atoms with Gasteiger partial charge >= 0.3 is 0 Å². The minimum Gasteiger partial charge on any atom is -0.375 e. The fraction of sp³-hybridized carbons (Fsp3) is 1.00. The summed E-state index contributed by atoms with van der Waals surface area (Å²) in [6.45, 7) is 12.1. The minimum absolute atomic E-state index is 0.0671. The summed E-state index contributed by atoms with van der Waals surface area (Å²) in [5.74, 6) is 0. The summed E-state index contributed by atoms with van der Waals surface area (Å²) in [6.07, 6.45) is 2.63. The first-order valence-corrected chi connectivity index (χ1v) is 7.11. The average Bonchev–Trinajstić information content (AvgIpc) is 2.26. The highest BCUT2D eigenvalue weighted by molar-refractivity contribution is 5.01. The van der Waals surface area contributed by atoms with Crippen LogP contribution in [-0.4, -0.2) is 54.5 Å². The third-order valence-electron chi connectivity index (χ3n) is 4.29. The van der Waals surface area contributed by atoms with Crippen LogP contribution in [0.1, 0.15) is 40.5 Å². The second kappa shape index (κ2) is 5.08. The van der Waals surface area contributed by atoms with Gasteiger partial charge in [0, 0.05) is 31.8 Å². The van der Waals surface area contributed by atoms with Crippen molar-refractivity contribution in [2.24, 2.45) is 5.73 Å². The molecule has 0 bridgehead atoms. The molecule has 0 amide bonds. The molecule has 2 aliphatic rings. The van der Waals surface area contributed by atoms with Crippen molar-refractivity contribution in [3.05, 3.63) is 0 Å². The van der Waals surface area contributed by atoms with Crippen molar-refractivity contribution in [1.82, 2.24) is 4.90 Å². The van der Waals surface area contributed by atoms with Gasteiger partial charge in [-0.25, -0.2) is 0 Å². The summed E-state index contributed by atoms with van der Waals surface area (Å²) < 4.78 is 11.7. The van der Waals surface area contributed by atoms with E-state index in [0.717, 1.165) is 32.5 Å². The first kappa shape index (κ1) is 14.3. The van der Waals surface area contributed by atoms with Crippen LogP contribution >= 0.6 is 0 Å². The van der Waals surface area contributed by atoms with Crippen LogP contribution < -0.4 is 5.73 Å². The third kappa shape index (κ3) is 2.87. The van der Waals surface area contributed by atoms with E-state index in [1.807, 2.05) is 0 Å². The van der Waals surface area contributed by atoms with Gasteiger partial charge in [-0.05, 0) is 40.5 Å². The zero-order chi connectivity index (χ0) is 13.4. The van der Waals surface area contributed by atoms with E-state index in [1.54, 1.807) is 0 Å². The second-order valence-corrected chi connectivity index (χ2v) is 6.63. The maximum absolute atomic E-state index is 6.14. The molecule has 0 aromatic rings. The summed E-state index contributed by atoms with van der Waals surface area (Å²) in [7, 11) is 0. The topological polar surface area (TPSA) is 47.7 Å². The van der Waals surface area contributed by atoms with E-state index < -0.39 is 0 Å². The Bertz CT molecular complexity index is 286. The molecule has 106 valence electrons. The summed E-state index contributed by atoms with van der Waals surface area (Å²) in [6, 6.07) is 0. The number of rotatable bonds is 2. The number of morpholine rings is 1. The largest absolute Gasteiger partial charge is 0.375 e. The van der Waals surface area contributed by atoms with Crippen LogP contribution in [0.2, 0.25) is 0 Å². The van der Waals surface area contributed by atoms with Gasteiger partial charge in [-0.2, -0.15) is 0 Å². The first-order chi connectivity index (χ1) is 8.37. The quantitative estimate of drug-likeness (QED) is 0.811. The van der Waals surface area contributed by atoms with Gasteiger partial charge in [-0.1, -0.05) is 0 Å². The van der Waals surface area contributed by atoms with Crippen LogP contribution in [0.4, 0.5) is 0 Å². The van der Waals surface area contributed by atoms with Crippen LogP contribution in [0.15, 0.2) is 0 Å². The molecule has 0 aromatic carbocycles. The van der Waals surface area contributed by atoms with E-state index in [4.69, 9.17) is 15.2 Å². The molecule has 2 fully saturated rings. The highest BCUT2D eigenvalue weighted by Gasteiger charge is 2.45. The molecule has 2 rings (SSSR count). The van der Waals surface area contributed by atoms with Crippen molar-refractivity contribution in [2.45, 2.75) is 63.9 Å². The van der Waals surface area contributed by atoms with Gasteiger partial charge in [0.15, 0.2) is 0 Å². The van der Waals surface area contributed by atoms with Crippen molar-refractivity contribution in [3.63, 3.8) is 0 Å². The molecule has 2 N–H and O–H groups in total. The zero-order valence-corrected chi connectivity index (χ0v) is 12.2. The first-order valence-electron chi connectivity index (χ1n) is 7.11. The highest BCUT2D eigenvalue weighted by Crippen LogP contribution is 2.37. The van der Waals surface area contributed by atoms with Gasteiger partial charge < -0.3 is 15.2 Å². The fourth-order valence-electron chi connectivity index (χ4n) is 3.59. The Balaban J connectivity index is 2.15. The lowest BCUT2D eigenvalue weighted by atomic mass is 9.79. The molecule has 0 spiro atoms. The molecule has 18 heavy (non-hydrogen) atoms. The monoisotopic (exact) mass is 256 g/mol. The Hall–Kier alpha value is -0.160. The molecule has 0 aliphatic carbocycles. The molecule has 2 heterocycles. The van der Waals surface area contributed by atoms with E-state index in [-0.39, 0.29) is 11.1 Å². The Kier molecular flexibility index (Phi) is 4.02. The summed E-state index contributed by atoms with van der Waals surface area (Å²) >= 11 is 0. The zero-order valence-electron chi connectivity index (χ0n) is 12.2. The van der Waals surface area contributed by atoms with Gasteiger partial charge in [0.05, 0.1) is 17.8 Å². The number of hydrogen-bond acceptors (Lipinski definition) is 4. The van der Waals surface area contributed by atoms with Crippen molar-refractivity contribution >= 4 is 0 Å². The predicted molar refractivity (Wildman–Crippen MR) is 72.6 cm³/mol. The molecule has 0 aromatic heterocycles. The third-order valence-corrected chi connectivity index (χ3v) is 4.29. The molecule has 0 saturated carbocycles. The number of nitrogens with two attached hydrogens (primary N) is 1. The second-order valence-electron chi connectivity index (χ2n) is 6.63. The number of ether oxygens (including phenoxy) is 2. The van der Waals surface area contributed by atoms with E-state index in [9.17, 15) is 0 Å². The lowest BCUT2D eigenvalue weighted by Crippen LogP contribution is -2.64. The lowest BCUT2D eigenvalue weighted by molar-refractivity contribution is -0.156. The van der Waals surface area contributed by atoms with Crippen LogP contribution in [0.25, 0.3) is 0 Å². The van der Waals surface area contributed by atoms with E-state index >= 15 is 0 Å². The van der Waals surface area contributed by atoms with Crippen molar-refractivity contribution in [3.8, 4) is 0 Å². The maximum atomic E-state index is 6.14. The summed E-state index contributed by atoms with van der Waals surface area (Å²) in [5, 5.41) is 0. The Morgan fingerprint density at radius 1 is 1.22 bits per heavy atom. The van der Waals surface area contributed by atoms with Crippen LogP contribution in [0.3, 0.4) is 0 Å². The molecule has 0 radical (unpaired) electrons. The van der Waals surface area contributed by atoms with E-state index in [2.05, 4.69) is 32.6 Å². The molecular weight excluding hydrogens is 228 g/mol. The van der Waals surface area contributed by atoms with Crippen molar-refractivity contribution in [2.75, 3.05) is 26.2 Å². The summed E-state index contributed by atoms with van der Waals surface area (Å²) in [5.41, 5.74) is 6.17. The Labute approximate surface area is 111 Å². The van der Waals surface area contributed by atoms with Gasteiger partial charge in [-0.3, -0.25) is 4.90 Å². The highest BCUT2D eigenvalue weighted by atomic mass is 16.5. The SMILES string of the molecule is C[C@@H]1CN(C2(CN)CCOC(C)(C)C2)C[C@H](C)O1. The molecule has 2 aliphatic heterocycles. The van der Waals surface area contributed by atoms with Crippen LogP contribution in [-0.2, 0) is 9.47 Å². The van der Waals surface area contributed by atoms with Gasteiger partial charge in [0.2, 0.25) is 0 Å². The maximum Gasteiger partial charge on any atom is 0.0678 e. The molecular formula is C14H28N2O2. The standard InChI is InChI=1S/C14H28N2O2/c1-11-7-16(8-12(2)18-11)14(10-15)5-6-17-13(3,4)9-14/h11-12H,5-10,15H2,1-4H3/t11-,12+,14?. The van der Waals surface area contributed by atoms with Gasteiger partial charge in [-0.15, -0.1) is 0 Å². The van der Waals surface area contributed by atoms with Crippen molar-refractivity contribution < 1.29 is 9.47 Å². The molecule has 1 unspecified atom stereocenters. The van der Waals surface area contributed by atoms with Crippen LogP contribution in [0.5, 0.6) is 0 Å². The smallest absolute Gasteiger partial charge is 0.0678 e. The molecule has 2 saturated heterocycles. The molecule has 4 heteroatoms. The van der Waals surface area contributed by atoms with E-state index in [0.29, 0.717) is 18.8 Å². The van der Waals surface area contributed by atoms with Gasteiger partial charge in [0.25, 0.3) is 0 Å². The van der Waals surface area contributed by atoms with Crippen molar-refractivity contribution in [1.29, 1.82) is 0 Å². The Morgan fingerprint density at radius 2 is 1.83 bits per heavy atom. The number of nitrogens with zero attached hydrogens (tertiary/aromatic N) is 1. The Morgan fingerprint density at radius 3 is 2.33 bits per heavy atom. The predicted octanol–water partition coefficient (Wildman–Crippen LogP) is 1.38. The minimum atomic E-state index is -0.0671. The molecule has 4 nitrogen and oxygen atoms in total. The van der Waals surface area contributed by atoms with E-state index in [1.165, 1.54) is 0 Å². The fourth-order valence-corrected chi connectivity index (χ4v) is 3.59. The lowest BCUT2D eigenvalue weighted by Gasteiger charge is -2.53. The number of hydrogen-bond donors (Lipinski definition) is 1. The summed E-state index contributed by atoms with van der Waals surface area (Å²) in [4.78, 5) is 2.55.